The van der Waals surface area contributed by atoms with Crippen molar-refractivity contribution < 1.29 is 14.7 Å². The summed E-state index contributed by atoms with van der Waals surface area (Å²) in [5.74, 6) is -1.24. The lowest BCUT2D eigenvalue weighted by Gasteiger charge is -2.05. The van der Waals surface area contributed by atoms with Crippen molar-refractivity contribution in [2.75, 3.05) is 0 Å². The first-order valence-electron chi connectivity index (χ1n) is 5.13. The van der Waals surface area contributed by atoms with Crippen molar-refractivity contribution in [3.8, 4) is 0 Å². The standard InChI is InChI=1S/C12H15NO3/c13-11(12(15)16)8-10(14)7-6-9-4-2-1-3-5-9/h1-5,11H,6-8,13H2,(H,15,16). The number of nitrogens with two attached hydrogens (primary N) is 1. The largest absolute Gasteiger partial charge is 0.480 e. The van der Waals surface area contributed by atoms with Gasteiger partial charge in [0.15, 0.2) is 0 Å². The van der Waals surface area contributed by atoms with E-state index in [2.05, 4.69) is 0 Å². The summed E-state index contributed by atoms with van der Waals surface area (Å²) in [5, 5.41) is 8.54. The zero-order chi connectivity index (χ0) is 12.0. The first-order chi connectivity index (χ1) is 7.59. The molecule has 1 rings (SSSR count). The molecule has 4 nitrogen and oxygen atoms in total. The van der Waals surface area contributed by atoms with Crippen LogP contribution in [-0.4, -0.2) is 22.9 Å². The number of aliphatic carboxylic acids is 1. The molecule has 0 aliphatic heterocycles. The number of carbonyl (C=O) groups is 2. The van der Waals surface area contributed by atoms with Crippen LogP contribution in [0.15, 0.2) is 30.3 Å². The molecule has 86 valence electrons. The Morgan fingerprint density at radius 2 is 1.88 bits per heavy atom. The monoisotopic (exact) mass is 221 g/mol. The molecule has 0 bridgehead atoms. The van der Waals surface area contributed by atoms with E-state index < -0.39 is 12.0 Å². The van der Waals surface area contributed by atoms with Crippen LogP contribution in [0.4, 0.5) is 0 Å². The average molecular weight is 221 g/mol. The molecule has 0 aliphatic carbocycles. The molecule has 0 aromatic heterocycles. The van der Waals surface area contributed by atoms with Gasteiger partial charge in [-0.15, -0.1) is 0 Å². The van der Waals surface area contributed by atoms with Crippen molar-refractivity contribution in [1.29, 1.82) is 0 Å². The third-order valence-corrected chi connectivity index (χ3v) is 2.30. The molecule has 0 fully saturated rings. The van der Waals surface area contributed by atoms with Crippen LogP contribution in [0, 0.1) is 0 Å². The van der Waals surface area contributed by atoms with Crippen molar-refractivity contribution >= 4 is 11.8 Å². The maximum atomic E-state index is 11.4. The summed E-state index contributed by atoms with van der Waals surface area (Å²) in [5.41, 5.74) is 6.34. The minimum absolute atomic E-state index is 0.0951. The van der Waals surface area contributed by atoms with Crippen molar-refractivity contribution in [2.24, 2.45) is 5.73 Å². The van der Waals surface area contributed by atoms with E-state index in [4.69, 9.17) is 10.8 Å². The number of hydrogen-bond donors (Lipinski definition) is 2. The van der Waals surface area contributed by atoms with Gasteiger partial charge in [-0.2, -0.15) is 0 Å². The van der Waals surface area contributed by atoms with E-state index in [9.17, 15) is 9.59 Å². The Hall–Kier alpha value is -1.68. The molecule has 3 N–H and O–H groups in total. The fourth-order valence-electron chi connectivity index (χ4n) is 1.36. The molecule has 0 amide bonds. The minimum Gasteiger partial charge on any atom is -0.480 e. The quantitative estimate of drug-likeness (QED) is 0.750. The number of aryl methyl sites for hydroxylation is 1. The molecular formula is C12H15NO3. The minimum atomic E-state index is -1.13. The summed E-state index contributed by atoms with van der Waals surface area (Å²) in [6.07, 6.45) is 0.874. The zero-order valence-electron chi connectivity index (χ0n) is 8.93. The fraction of sp³-hybridized carbons (Fsp3) is 0.333. The summed E-state index contributed by atoms with van der Waals surface area (Å²) in [6, 6.07) is 8.51. The number of ketones is 1. The molecule has 0 aliphatic rings. The fourth-order valence-corrected chi connectivity index (χ4v) is 1.36. The highest BCUT2D eigenvalue weighted by atomic mass is 16.4. The van der Waals surface area contributed by atoms with Gasteiger partial charge in [0, 0.05) is 12.8 Å². The Labute approximate surface area is 94.1 Å². The first-order valence-corrected chi connectivity index (χ1v) is 5.13. The summed E-state index contributed by atoms with van der Waals surface area (Å²) in [6.45, 7) is 0. The van der Waals surface area contributed by atoms with Crippen LogP contribution >= 0.6 is 0 Å². The van der Waals surface area contributed by atoms with Gasteiger partial charge in [0.1, 0.15) is 11.8 Å². The molecule has 4 heteroatoms. The second-order valence-corrected chi connectivity index (χ2v) is 3.67. The maximum Gasteiger partial charge on any atom is 0.320 e. The van der Waals surface area contributed by atoms with Crippen molar-refractivity contribution in [3.05, 3.63) is 35.9 Å². The number of carbonyl (C=O) groups excluding carboxylic acids is 1. The SMILES string of the molecule is NC(CC(=O)CCc1ccccc1)C(=O)O. The van der Waals surface area contributed by atoms with Gasteiger partial charge in [0.25, 0.3) is 0 Å². The lowest BCUT2D eigenvalue weighted by atomic mass is 10.0. The lowest BCUT2D eigenvalue weighted by Crippen LogP contribution is -2.32. The number of rotatable bonds is 6. The van der Waals surface area contributed by atoms with Gasteiger partial charge in [0.05, 0.1) is 0 Å². The molecule has 16 heavy (non-hydrogen) atoms. The van der Waals surface area contributed by atoms with Crippen LogP contribution in [0.2, 0.25) is 0 Å². The Balaban J connectivity index is 2.33. The Kier molecular flexibility index (Phi) is 4.66. The predicted octanol–water partition coefficient (Wildman–Crippen LogP) is 0.990. The highest BCUT2D eigenvalue weighted by Gasteiger charge is 2.15. The predicted molar refractivity (Wildman–Crippen MR) is 60.0 cm³/mol. The zero-order valence-corrected chi connectivity index (χ0v) is 8.93. The summed E-state index contributed by atoms with van der Waals surface area (Å²) in [7, 11) is 0. The van der Waals surface area contributed by atoms with Crippen LogP contribution < -0.4 is 5.73 Å². The summed E-state index contributed by atoms with van der Waals surface area (Å²) < 4.78 is 0. The lowest BCUT2D eigenvalue weighted by molar-refractivity contribution is -0.140. The molecule has 0 spiro atoms. The van der Waals surface area contributed by atoms with Crippen LogP contribution in [0.25, 0.3) is 0 Å². The molecule has 0 heterocycles. The Morgan fingerprint density at radius 1 is 1.25 bits per heavy atom. The smallest absolute Gasteiger partial charge is 0.320 e. The van der Waals surface area contributed by atoms with Gasteiger partial charge < -0.3 is 10.8 Å². The van der Waals surface area contributed by atoms with Gasteiger partial charge in [-0.1, -0.05) is 30.3 Å². The van der Waals surface area contributed by atoms with Crippen LogP contribution in [0.5, 0.6) is 0 Å². The van der Waals surface area contributed by atoms with Gasteiger partial charge in [-0.25, -0.2) is 0 Å². The van der Waals surface area contributed by atoms with E-state index in [0.29, 0.717) is 12.8 Å². The maximum absolute atomic E-state index is 11.4. The Morgan fingerprint density at radius 3 is 2.44 bits per heavy atom. The third kappa shape index (κ3) is 4.23. The van der Waals surface area contributed by atoms with Gasteiger partial charge in [-0.3, -0.25) is 9.59 Å². The highest BCUT2D eigenvalue weighted by Crippen LogP contribution is 2.04. The second-order valence-electron chi connectivity index (χ2n) is 3.67. The topological polar surface area (TPSA) is 80.4 Å². The van der Waals surface area contributed by atoms with E-state index in [-0.39, 0.29) is 12.2 Å². The van der Waals surface area contributed by atoms with E-state index in [1.165, 1.54) is 0 Å². The average Bonchev–Trinajstić information content (AvgIpc) is 2.27. The third-order valence-electron chi connectivity index (χ3n) is 2.30. The molecule has 0 radical (unpaired) electrons. The van der Waals surface area contributed by atoms with Gasteiger partial charge in [-0.05, 0) is 12.0 Å². The second kappa shape index (κ2) is 6.02. The highest BCUT2D eigenvalue weighted by molar-refractivity contribution is 5.85. The van der Waals surface area contributed by atoms with E-state index >= 15 is 0 Å². The molecule has 0 saturated carbocycles. The molecule has 0 saturated heterocycles. The first kappa shape index (κ1) is 12.4. The van der Waals surface area contributed by atoms with E-state index in [0.717, 1.165) is 5.56 Å². The van der Waals surface area contributed by atoms with Crippen molar-refractivity contribution in [3.63, 3.8) is 0 Å². The van der Waals surface area contributed by atoms with Crippen molar-refractivity contribution in [2.45, 2.75) is 25.3 Å². The normalized spacial score (nSPS) is 12.1. The molecular weight excluding hydrogens is 206 g/mol. The van der Waals surface area contributed by atoms with E-state index in [1.54, 1.807) is 0 Å². The molecule has 1 aromatic carbocycles. The van der Waals surface area contributed by atoms with Gasteiger partial charge in [0.2, 0.25) is 0 Å². The van der Waals surface area contributed by atoms with Crippen LogP contribution in [0.1, 0.15) is 18.4 Å². The summed E-state index contributed by atoms with van der Waals surface area (Å²) in [4.78, 5) is 21.8. The number of Topliss-reactive ketones (excluding diaryl/α,β-unsaturated/α-hetero) is 1. The van der Waals surface area contributed by atoms with E-state index in [1.807, 2.05) is 30.3 Å². The molecule has 1 atom stereocenters. The molecule has 1 unspecified atom stereocenters. The van der Waals surface area contributed by atoms with Crippen molar-refractivity contribution in [1.82, 2.24) is 0 Å². The number of carboxylic acid groups (broad SMARTS) is 1. The van der Waals surface area contributed by atoms with Gasteiger partial charge >= 0.3 is 5.97 Å². The van der Waals surface area contributed by atoms with Crippen LogP contribution in [0.3, 0.4) is 0 Å². The number of benzene rings is 1. The number of hydrogen-bond acceptors (Lipinski definition) is 3. The Bertz CT molecular complexity index is 362. The summed E-state index contributed by atoms with van der Waals surface area (Å²) >= 11 is 0. The van der Waals surface area contributed by atoms with Crippen LogP contribution in [-0.2, 0) is 16.0 Å². The number of carboxylic acids is 1. The molecule has 1 aromatic rings.